The number of sulfonamides is 1. The number of ether oxygens (including phenoxy) is 1. The van der Waals surface area contributed by atoms with Crippen LogP contribution in [-0.2, 0) is 21.2 Å². The van der Waals surface area contributed by atoms with Gasteiger partial charge in [-0.05, 0) is 35.6 Å². The van der Waals surface area contributed by atoms with Crippen molar-refractivity contribution < 1.29 is 13.2 Å². The number of hydrogen-bond donors (Lipinski definition) is 0. The lowest BCUT2D eigenvalue weighted by atomic mass is 10.1. The summed E-state index contributed by atoms with van der Waals surface area (Å²) < 4.78 is 33.0. The van der Waals surface area contributed by atoms with Crippen LogP contribution in [0.25, 0.3) is 0 Å². The summed E-state index contributed by atoms with van der Waals surface area (Å²) in [6.45, 7) is 3.64. The molecule has 0 spiro atoms. The van der Waals surface area contributed by atoms with E-state index in [9.17, 15) is 8.42 Å². The molecule has 0 bridgehead atoms. The van der Waals surface area contributed by atoms with E-state index in [4.69, 9.17) is 4.74 Å². The summed E-state index contributed by atoms with van der Waals surface area (Å²) in [5.41, 5.74) is 2.99. The lowest BCUT2D eigenvalue weighted by molar-refractivity contribution is 0.122. The third kappa shape index (κ3) is 2.62. The lowest BCUT2D eigenvalue weighted by Gasteiger charge is -2.29. The van der Waals surface area contributed by atoms with Gasteiger partial charge in [0.25, 0.3) is 10.0 Å². The zero-order chi connectivity index (χ0) is 15.9. The Morgan fingerprint density at radius 3 is 2.65 bits per heavy atom. The summed E-state index contributed by atoms with van der Waals surface area (Å²) in [5.74, 6) is 0. The molecule has 0 radical (unpaired) electrons. The maximum atomic E-state index is 12.8. The van der Waals surface area contributed by atoms with Crippen LogP contribution < -0.4 is 9.21 Å². The Morgan fingerprint density at radius 2 is 1.91 bits per heavy atom. The first-order chi connectivity index (χ1) is 11.2. The van der Waals surface area contributed by atoms with E-state index >= 15 is 0 Å². The minimum Gasteiger partial charge on any atom is -0.378 e. The highest BCUT2D eigenvalue weighted by atomic mass is 32.2. The summed E-state index contributed by atoms with van der Waals surface area (Å²) in [7, 11) is -3.45. The SMILES string of the molecule is O=S(=O)(c1cccs1)N1CCc2ccc(N3CCOCC3)cc21. The Hall–Kier alpha value is -1.57. The smallest absolute Gasteiger partial charge is 0.273 e. The van der Waals surface area contributed by atoms with Gasteiger partial charge in [-0.25, -0.2) is 8.42 Å². The van der Waals surface area contributed by atoms with Gasteiger partial charge in [0.05, 0.1) is 18.9 Å². The maximum Gasteiger partial charge on any atom is 0.273 e. The first-order valence-corrected chi connectivity index (χ1v) is 10.00. The molecule has 5 nitrogen and oxygen atoms in total. The lowest BCUT2D eigenvalue weighted by Crippen LogP contribution is -2.36. The number of anilines is 2. The van der Waals surface area contributed by atoms with Crippen molar-refractivity contribution in [2.75, 3.05) is 42.1 Å². The fraction of sp³-hybridized carbons (Fsp3) is 0.375. The Morgan fingerprint density at radius 1 is 1.09 bits per heavy atom. The molecule has 23 heavy (non-hydrogen) atoms. The van der Waals surface area contributed by atoms with Crippen LogP contribution in [0.2, 0.25) is 0 Å². The van der Waals surface area contributed by atoms with Gasteiger partial charge in [-0.1, -0.05) is 12.1 Å². The van der Waals surface area contributed by atoms with Gasteiger partial charge in [-0.2, -0.15) is 0 Å². The first-order valence-electron chi connectivity index (χ1n) is 7.68. The van der Waals surface area contributed by atoms with Crippen LogP contribution >= 0.6 is 11.3 Å². The molecule has 2 aromatic rings. The minimum absolute atomic E-state index is 0.405. The van der Waals surface area contributed by atoms with Gasteiger partial charge in [-0.3, -0.25) is 4.31 Å². The van der Waals surface area contributed by atoms with Crippen molar-refractivity contribution in [3.05, 3.63) is 41.3 Å². The monoisotopic (exact) mass is 350 g/mol. The molecule has 2 aliphatic rings. The standard InChI is InChI=1S/C16H18N2O3S2/c19-23(20,16-2-1-11-22-16)18-6-5-13-3-4-14(12-15(13)18)17-7-9-21-10-8-17/h1-4,11-12H,5-10H2. The molecule has 3 heterocycles. The van der Waals surface area contributed by atoms with Crippen LogP contribution in [0, 0.1) is 0 Å². The third-order valence-electron chi connectivity index (χ3n) is 4.34. The minimum atomic E-state index is -3.45. The molecular weight excluding hydrogens is 332 g/mol. The number of nitrogens with zero attached hydrogens (tertiary/aromatic N) is 2. The van der Waals surface area contributed by atoms with Crippen molar-refractivity contribution in [1.82, 2.24) is 0 Å². The highest BCUT2D eigenvalue weighted by Gasteiger charge is 2.32. The highest BCUT2D eigenvalue weighted by molar-refractivity contribution is 7.94. The van der Waals surface area contributed by atoms with Crippen molar-refractivity contribution in [2.24, 2.45) is 0 Å². The molecule has 1 saturated heterocycles. The zero-order valence-corrected chi connectivity index (χ0v) is 14.3. The van der Waals surface area contributed by atoms with Crippen LogP contribution in [0.3, 0.4) is 0 Å². The number of benzene rings is 1. The molecule has 1 aromatic heterocycles. The normalized spacial score (nSPS) is 18.3. The van der Waals surface area contributed by atoms with E-state index in [1.807, 2.05) is 6.07 Å². The van der Waals surface area contributed by atoms with E-state index in [1.54, 1.807) is 21.8 Å². The molecule has 4 rings (SSSR count). The molecule has 0 saturated carbocycles. The topological polar surface area (TPSA) is 49.9 Å². The van der Waals surface area contributed by atoms with Gasteiger partial charge in [0.1, 0.15) is 4.21 Å². The number of rotatable bonds is 3. The van der Waals surface area contributed by atoms with Crippen molar-refractivity contribution in [3.63, 3.8) is 0 Å². The number of morpholine rings is 1. The molecule has 0 N–H and O–H groups in total. The summed E-state index contributed by atoms with van der Waals surface area (Å²) in [4.78, 5) is 2.25. The Kier molecular flexibility index (Phi) is 3.79. The second-order valence-corrected chi connectivity index (χ2v) is 8.71. The quantitative estimate of drug-likeness (QED) is 0.853. The fourth-order valence-corrected chi connectivity index (χ4v) is 5.72. The Bertz CT molecular complexity index is 797. The number of thiophene rings is 1. The predicted molar refractivity (Wildman–Crippen MR) is 92.0 cm³/mol. The van der Waals surface area contributed by atoms with Crippen molar-refractivity contribution in [3.8, 4) is 0 Å². The highest BCUT2D eigenvalue weighted by Crippen LogP contribution is 2.36. The molecule has 0 unspecified atom stereocenters. The predicted octanol–water partition coefficient (Wildman–Crippen LogP) is 2.34. The van der Waals surface area contributed by atoms with Gasteiger partial charge in [0.15, 0.2) is 0 Å². The van der Waals surface area contributed by atoms with E-state index in [-0.39, 0.29) is 0 Å². The summed E-state index contributed by atoms with van der Waals surface area (Å²) in [6, 6.07) is 9.61. The van der Waals surface area contributed by atoms with Gasteiger partial charge < -0.3 is 9.64 Å². The molecule has 7 heteroatoms. The average Bonchev–Trinajstić information content (AvgIpc) is 3.25. The Balaban J connectivity index is 1.70. The van der Waals surface area contributed by atoms with E-state index in [2.05, 4.69) is 17.0 Å². The molecule has 0 amide bonds. The van der Waals surface area contributed by atoms with Gasteiger partial charge in [-0.15, -0.1) is 11.3 Å². The van der Waals surface area contributed by atoms with Crippen molar-refractivity contribution in [1.29, 1.82) is 0 Å². The molecule has 1 fully saturated rings. The van der Waals surface area contributed by atoms with E-state index in [1.165, 1.54) is 11.3 Å². The average molecular weight is 350 g/mol. The molecule has 0 aliphatic carbocycles. The second-order valence-electron chi connectivity index (χ2n) is 5.67. The molecule has 1 aromatic carbocycles. The largest absolute Gasteiger partial charge is 0.378 e. The Labute approximate surface area is 140 Å². The van der Waals surface area contributed by atoms with Crippen LogP contribution in [0.5, 0.6) is 0 Å². The zero-order valence-electron chi connectivity index (χ0n) is 12.6. The van der Waals surface area contributed by atoms with Gasteiger partial charge >= 0.3 is 0 Å². The van der Waals surface area contributed by atoms with Gasteiger partial charge in [0, 0.05) is 25.3 Å². The molecule has 0 atom stereocenters. The number of hydrogen-bond acceptors (Lipinski definition) is 5. The van der Waals surface area contributed by atoms with Crippen molar-refractivity contribution in [2.45, 2.75) is 10.6 Å². The molecule has 2 aliphatic heterocycles. The van der Waals surface area contributed by atoms with Crippen molar-refractivity contribution >= 4 is 32.7 Å². The second kappa shape index (κ2) is 5.81. The van der Waals surface area contributed by atoms with E-state index < -0.39 is 10.0 Å². The van der Waals surface area contributed by atoms with E-state index in [0.717, 1.165) is 36.4 Å². The van der Waals surface area contributed by atoms with Crippen LogP contribution in [0.1, 0.15) is 5.56 Å². The maximum absolute atomic E-state index is 12.8. The summed E-state index contributed by atoms with van der Waals surface area (Å²) >= 11 is 1.27. The van der Waals surface area contributed by atoms with Gasteiger partial charge in [0.2, 0.25) is 0 Å². The van der Waals surface area contributed by atoms with Crippen LogP contribution in [0.15, 0.2) is 39.9 Å². The van der Waals surface area contributed by atoms with E-state index in [0.29, 0.717) is 24.0 Å². The molecule has 122 valence electrons. The number of fused-ring (bicyclic) bond motifs is 1. The third-order valence-corrected chi connectivity index (χ3v) is 7.52. The summed E-state index contributed by atoms with van der Waals surface area (Å²) in [5, 5.41) is 1.80. The summed E-state index contributed by atoms with van der Waals surface area (Å²) in [6.07, 6.45) is 0.767. The molecular formula is C16H18N2O3S2. The fourth-order valence-electron chi connectivity index (χ4n) is 3.13. The first kappa shape index (κ1) is 15.0. The van der Waals surface area contributed by atoms with Crippen LogP contribution in [-0.4, -0.2) is 41.3 Å². The van der Waals surface area contributed by atoms with Crippen LogP contribution in [0.4, 0.5) is 11.4 Å².